The minimum atomic E-state index is -0.707. The molecular weight excluding hydrogens is 286 g/mol. The first-order valence-electron chi connectivity index (χ1n) is 7.27. The zero-order valence-electron chi connectivity index (χ0n) is 12.2. The van der Waals surface area contributed by atoms with Gasteiger partial charge in [-0.1, -0.05) is 25.0 Å². The smallest absolute Gasteiger partial charge is 0.270 e. The summed E-state index contributed by atoms with van der Waals surface area (Å²) in [4.78, 5) is 21.8. The van der Waals surface area contributed by atoms with E-state index in [2.05, 4.69) is 10.5 Å². The summed E-state index contributed by atoms with van der Waals surface area (Å²) in [6.07, 6.45) is 5.50. The number of benzene rings is 1. The molecule has 1 aromatic rings. The SMILES string of the molecule is O=C(CCC1(O)CCCC1)N/N=C/c1cccc([N+](=O)[O-])c1. The highest BCUT2D eigenvalue weighted by molar-refractivity contribution is 5.83. The van der Waals surface area contributed by atoms with Crippen LogP contribution in [0.5, 0.6) is 0 Å². The molecule has 0 aromatic heterocycles. The molecule has 1 saturated carbocycles. The van der Waals surface area contributed by atoms with E-state index in [1.165, 1.54) is 18.3 Å². The fraction of sp³-hybridized carbons (Fsp3) is 0.467. The first kappa shape index (κ1) is 16.1. The number of carbonyl (C=O) groups excluding carboxylic acids is 1. The van der Waals surface area contributed by atoms with E-state index in [1.54, 1.807) is 12.1 Å². The number of hydrogen-bond donors (Lipinski definition) is 2. The van der Waals surface area contributed by atoms with Crippen LogP contribution in [0, 0.1) is 10.1 Å². The van der Waals surface area contributed by atoms with E-state index in [0.29, 0.717) is 12.0 Å². The Kier molecular flexibility index (Phi) is 5.21. The number of rotatable bonds is 6. The number of nitrogens with one attached hydrogen (secondary N) is 1. The Morgan fingerprint density at radius 2 is 2.18 bits per heavy atom. The van der Waals surface area contributed by atoms with Crippen LogP contribution in [-0.2, 0) is 4.79 Å². The highest BCUT2D eigenvalue weighted by Crippen LogP contribution is 2.33. The van der Waals surface area contributed by atoms with Crippen LogP contribution >= 0.6 is 0 Å². The molecule has 0 bridgehead atoms. The standard InChI is InChI=1S/C15H19N3O4/c19-14(6-9-15(20)7-1-2-8-15)17-16-11-12-4-3-5-13(10-12)18(21)22/h3-5,10-11,20H,1-2,6-9H2,(H,17,19)/b16-11+. The normalized spacial score (nSPS) is 16.8. The number of hydrazone groups is 1. The van der Waals surface area contributed by atoms with Crippen LogP contribution in [0.3, 0.4) is 0 Å². The molecule has 22 heavy (non-hydrogen) atoms. The van der Waals surface area contributed by atoms with Gasteiger partial charge in [-0.25, -0.2) is 5.43 Å². The van der Waals surface area contributed by atoms with Crippen molar-refractivity contribution in [3.8, 4) is 0 Å². The number of non-ortho nitro benzene ring substituents is 1. The lowest BCUT2D eigenvalue weighted by Crippen LogP contribution is -2.27. The summed E-state index contributed by atoms with van der Waals surface area (Å²) in [5.41, 5.74) is 2.17. The van der Waals surface area contributed by atoms with Gasteiger partial charge in [-0.3, -0.25) is 14.9 Å². The van der Waals surface area contributed by atoms with Gasteiger partial charge in [-0.2, -0.15) is 5.10 Å². The molecule has 0 unspecified atom stereocenters. The van der Waals surface area contributed by atoms with Crippen molar-refractivity contribution in [3.05, 3.63) is 39.9 Å². The Morgan fingerprint density at radius 1 is 1.45 bits per heavy atom. The van der Waals surface area contributed by atoms with Crippen molar-refractivity contribution in [1.82, 2.24) is 5.43 Å². The van der Waals surface area contributed by atoms with Gasteiger partial charge in [0, 0.05) is 24.1 Å². The van der Waals surface area contributed by atoms with Gasteiger partial charge in [0.15, 0.2) is 0 Å². The Labute approximate surface area is 128 Å². The lowest BCUT2D eigenvalue weighted by atomic mass is 9.96. The molecule has 0 heterocycles. The topological polar surface area (TPSA) is 105 Å². The third-order valence-electron chi connectivity index (χ3n) is 3.84. The first-order chi connectivity index (χ1) is 10.5. The molecule has 0 aliphatic heterocycles. The number of hydrogen-bond acceptors (Lipinski definition) is 5. The van der Waals surface area contributed by atoms with E-state index >= 15 is 0 Å². The molecule has 2 rings (SSSR count). The summed E-state index contributed by atoms with van der Waals surface area (Å²) in [6, 6.07) is 5.97. The molecule has 0 saturated heterocycles. The zero-order chi connectivity index (χ0) is 16.0. The second kappa shape index (κ2) is 7.13. The summed E-state index contributed by atoms with van der Waals surface area (Å²) in [5.74, 6) is -0.276. The van der Waals surface area contributed by atoms with E-state index in [9.17, 15) is 20.0 Å². The number of carbonyl (C=O) groups is 1. The van der Waals surface area contributed by atoms with Crippen LogP contribution in [-0.4, -0.2) is 27.8 Å². The third kappa shape index (κ3) is 4.63. The fourth-order valence-electron chi connectivity index (χ4n) is 2.58. The number of nitro groups is 1. The molecule has 1 aliphatic carbocycles. The number of aliphatic hydroxyl groups is 1. The monoisotopic (exact) mass is 305 g/mol. The average molecular weight is 305 g/mol. The lowest BCUT2D eigenvalue weighted by Gasteiger charge is -2.20. The maximum Gasteiger partial charge on any atom is 0.270 e. The Balaban J connectivity index is 1.80. The van der Waals surface area contributed by atoms with Gasteiger partial charge in [0.05, 0.1) is 16.7 Å². The molecule has 1 aromatic carbocycles. The van der Waals surface area contributed by atoms with Gasteiger partial charge >= 0.3 is 0 Å². The molecule has 118 valence electrons. The van der Waals surface area contributed by atoms with Crippen molar-refractivity contribution in [2.75, 3.05) is 0 Å². The fourth-order valence-corrected chi connectivity index (χ4v) is 2.58. The largest absolute Gasteiger partial charge is 0.390 e. The molecule has 0 radical (unpaired) electrons. The van der Waals surface area contributed by atoms with Crippen molar-refractivity contribution in [1.29, 1.82) is 0 Å². The van der Waals surface area contributed by atoms with Crippen molar-refractivity contribution in [3.63, 3.8) is 0 Å². The van der Waals surface area contributed by atoms with Crippen LogP contribution in [0.4, 0.5) is 5.69 Å². The van der Waals surface area contributed by atoms with Gasteiger partial charge in [-0.05, 0) is 19.3 Å². The predicted octanol–water partition coefficient (Wildman–Crippen LogP) is 2.13. The quantitative estimate of drug-likeness (QED) is 0.477. The van der Waals surface area contributed by atoms with E-state index in [-0.39, 0.29) is 18.0 Å². The molecule has 1 fully saturated rings. The molecule has 1 aliphatic rings. The predicted molar refractivity (Wildman–Crippen MR) is 81.5 cm³/mol. The van der Waals surface area contributed by atoms with Crippen LogP contribution in [0.1, 0.15) is 44.1 Å². The molecular formula is C15H19N3O4. The molecule has 0 spiro atoms. The summed E-state index contributed by atoms with van der Waals surface area (Å²) in [5, 5.41) is 24.6. The lowest BCUT2D eigenvalue weighted by molar-refractivity contribution is -0.384. The summed E-state index contributed by atoms with van der Waals surface area (Å²) in [6.45, 7) is 0. The number of amides is 1. The molecule has 7 nitrogen and oxygen atoms in total. The van der Waals surface area contributed by atoms with Gasteiger partial charge in [0.2, 0.25) is 5.91 Å². The van der Waals surface area contributed by atoms with E-state index < -0.39 is 10.5 Å². The van der Waals surface area contributed by atoms with Crippen molar-refractivity contribution in [2.45, 2.75) is 44.1 Å². The Hall–Kier alpha value is -2.28. The zero-order valence-corrected chi connectivity index (χ0v) is 12.2. The molecule has 7 heteroatoms. The maximum absolute atomic E-state index is 11.7. The van der Waals surface area contributed by atoms with Crippen LogP contribution in [0.15, 0.2) is 29.4 Å². The van der Waals surface area contributed by atoms with Crippen molar-refractivity contribution < 1.29 is 14.8 Å². The Morgan fingerprint density at radius 3 is 2.86 bits per heavy atom. The van der Waals surface area contributed by atoms with E-state index in [4.69, 9.17) is 0 Å². The average Bonchev–Trinajstić information content (AvgIpc) is 2.93. The summed E-state index contributed by atoms with van der Waals surface area (Å²) in [7, 11) is 0. The molecule has 0 atom stereocenters. The summed E-state index contributed by atoms with van der Waals surface area (Å²) >= 11 is 0. The third-order valence-corrected chi connectivity index (χ3v) is 3.84. The number of nitro benzene ring substituents is 1. The molecule has 1 amide bonds. The van der Waals surface area contributed by atoms with E-state index in [0.717, 1.165) is 25.7 Å². The minimum absolute atomic E-state index is 0.0290. The van der Waals surface area contributed by atoms with E-state index in [1.807, 2.05) is 0 Å². The van der Waals surface area contributed by atoms with Crippen molar-refractivity contribution >= 4 is 17.8 Å². The van der Waals surface area contributed by atoms with Gasteiger partial charge in [0.1, 0.15) is 0 Å². The van der Waals surface area contributed by atoms with Gasteiger partial charge < -0.3 is 5.11 Å². The summed E-state index contributed by atoms with van der Waals surface area (Å²) < 4.78 is 0. The minimum Gasteiger partial charge on any atom is -0.390 e. The van der Waals surface area contributed by atoms with Crippen LogP contribution in [0.2, 0.25) is 0 Å². The highest BCUT2D eigenvalue weighted by Gasteiger charge is 2.31. The Bertz CT molecular complexity index is 580. The first-order valence-corrected chi connectivity index (χ1v) is 7.27. The number of nitrogens with zero attached hydrogens (tertiary/aromatic N) is 2. The highest BCUT2D eigenvalue weighted by atomic mass is 16.6. The van der Waals surface area contributed by atoms with Crippen molar-refractivity contribution in [2.24, 2.45) is 5.10 Å². The molecule has 2 N–H and O–H groups in total. The second-order valence-electron chi connectivity index (χ2n) is 5.58. The second-order valence-corrected chi connectivity index (χ2v) is 5.58. The van der Waals surface area contributed by atoms with Crippen LogP contribution < -0.4 is 5.43 Å². The van der Waals surface area contributed by atoms with Crippen LogP contribution in [0.25, 0.3) is 0 Å². The van der Waals surface area contributed by atoms with Gasteiger partial charge in [-0.15, -0.1) is 0 Å². The van der Waals surface area contributed by atoms with Gasteiger partial charge in [0.25, 0.3) is 5.69 Å². The maximum atomic E-state index is 11.7.